The van der Waals surface area contributed by atoms with Crippen LogP contribution in [-0.4, -0.2) is 31.1 Å². The lowest BCUT2D eigenvalue weighted by atomic mass is 9.89. The van der Waals surface area contributed by atoms with Crippen LogP contribution in [0.1, 0.15) is 34.7 Å². The Hall–Kier alpha value is -2.05. The molecule has 1 aromatic rings. The minimum absolute atomic E-state index is 0.121. The van der Waals surface area contributed by atoms with Crippen molar-refractivity contribution in [2.24, 2.45) is 17.2 Å². The number of allylic oxidation sites excluding steroid dienone is 1. The molecule has 0 spiro atoms. The fourth-order valence-electron chi connectivity index (χ4n) is 3.02. The maximum Gasteiger partial charge on any atom is 0.339 e. The molecule has 0 aliphatic carbocycles. The van der Waals surface area contributed by atoms with Crippen LogP contribution in [0.3, 0.4) is 0 Å². The van der Waals surface area contributed by atoms with E-state index in [1.807, 2.05) is 12.1 Å². The second-order valence-electron chi connectivity index (χ2n) is 5.89. The van der Waals surface area contributed by atoms with E-state index in [-0.39, 0.29) is 16.9 Å². The molecule has 2 rings (SSSR count). The van der Waals surface area contributed by atoms with E-state index < -0.39 is 5.97 Å². The van der Waals surface area contributed by atoms with Gasteiger partial charge in [0, 0.05) is 19.0 Å². The predicted molar refractivity (Wildman–Crippen MR) is 99.9 cm³/mol. The molecule has 0 amide bonds. The summed E-state index contributed by atoms with van der Waals surface area (Å²) < 4.78 is 4.72. The fraction of sp³-hybridized carbons (Fsp3) is 0.353. The minimum Gasteiger partial charge on any atom is -0.465 e. The minimum atomic E-state index is -0.453. The number of esters is 1. The molecular weight excluding hydrogens is 363 g/mol. The quantitative estimate of drug-likeness (QED) is 0.417. The molecule has 136 valence electrons. The summed E-state index contributed by atoms with van der Waals surface area (Å²) in [7, 11) is 1.33. The topological polar surface area (TPSA) is 108 Å². The van der Waals surface area contributed by atoms with Gasteiger partial charge < -0.3 is 26.8 Å². The van der Waals surface area contributed by atoms with Crippen molar-refractivity contribution in [3.05, 3.63) is 57.1 Å². The molecule has 6 N–H and O–H groups in total. The number of benzene rings is 1. The van der Waals surface area contributed by atoms with E-state index in [1.54, 1.807) is 12.1 Å². The van der Waals surface area contributed by atoms with Crippen molar-refractivity contribution >= 4 is 29.2 Å². The average Bonchev–Trinajstić information content (AvgIpc) is 2.58. The summed E-state index contributed by atoms with van der Waals surface area (Å²) in [6, 6.07) is 5.39. The van der Waals surface area contributed by atoms with Crippen LogP contribution in [0.2, 0.25) is 5.02 Å². The van der Waals surface area contributed by atoms with Gasteiger partial charge in [0.15, 0.2) is 0 Å². The summed E-state index contributed by atoms with van der Waals surface area (Å²) in [5.74, 6) is -0.0637. The molecule has 1 atom stereocenters. The molecule has 8 heteroatoms. The Morgan fingerprint density at radius 2 is 2.08 bits per heavy atom. The monoisotopic (exact) mass is 384 g/mol. The highest BCUT2D eigenvalue weighted by Crippen LogP contribution is 2.32. The first-order chi connectivity index (χ1) is 11.8. The van der Waals surface area contributed by atoms with E-state index in [2.05, 4.69) is 4.90 Å². The van der Waals surface area contributed by atoms with Gasteiger partial charge in [-0.2, -0.15) is 0 Å². The Kier molecular flexibility index (Phi) is 6.45. The zero-order valence-corrected chi connectivity index (χ0v) is 15.5. The summed E-state index contributed by atoms with van der Waals surface area (Å²) in [5, 5.41) is 0.497. The van der Waals surface area contributed by atoms with Crippen LogP contribution in [-0.2, 0) is 4.74 Å². The van der Waals surface area contributed by atoms with Crippen molar-refractivity contribution in [3.8, 4) is 0 Å². The first kappa shape index (κ1) is 19.3. The molecular formula is C17H22Cl2N4O2. The number of rotatable bonds is 4. The van der Waals surface area contributed by atoms with E-state index in [0.29, 0.717) is 22.8 Å². The van der Waals surface area contributed by atoms with Crippen LogP contribution in [0, 0.1) is 0 Å². The third-order valence-electron chi connectivity index (χ3n) is 4.20. The van der Waals surface area contributed by atoms with Gasteiger partial charge in [-0.1, -0.05) is 29.3 Å². The molecule has 1 saturated heterocycles. The third kappa shape index (κ3) is 4.74. The number of ether oxygens (including phenoxy) is 1. The first-order valence-electron chi connectivity index (χ1n) is 7.84. The van der Waals surface area contributed by atoms with Gasteiger partial charge in [-0.25, -0.2) is 4.79 Å². The van der Waals surface area contributed by atoms with E-state index in [9.17, 15) is 4.79 Å². The van der Waals surface area contributed by atoms with Gasteiger partial charge in [-0.15, -0.1) is 0 Å². The molecule has 25 heavy (non-hydrogen) atoms. The van der Waals surface area contributed by atoms with Crippen LogP contribution < -0.4 is 17.2 Å². The largest absolute Gasteiger partial charge is 0.465 e. The van der Waals surface area contributed by atoms with E-state index in [4.69, 9.17) is 45.1 Å². The lowest BCUT2D eigenvalue weighted by molar-refractivity contribution is 0.0601. The average molecular weight is 385 g/mol. The van der Waals surface area contributed by atoms with Gasteiger partial charge in [0.1, 0.15) is 11.0 Å². The standard InChI is InChI=1S/C17H22Cl2N4O2/c1-25-17(24)12-5-4-10(7-13(12)18)11-3-2-6-23(9-11)14(16(21)22)8-15(19)20/h4-5,7-8,11H,2-3,6,9,20-22H2,1H3/b15-8-. The van der Waals surface area contributed by atoms with Crippen LogP contribution in [0.15, 0.2) is 40.9 Å². The lowest BCUT2D eigenvalue weighted by Gasteiger charge is -2.35. The second-order valence-corrected chi connectivity index (χ2v) is 6.73. The van der Waals surface area contributed by atoms with Crippen molar-refractivity contribution < 1.29 is 9.53 Å². The highest BCUT2D eigenvalue weighted by Gasteiger charge is 2.24. The Morgan fingerprint density at radius 3 is 2.64 bits per heavy atom. The number of methoxy groups -OCH3 is 1. The zero-order valence-electron chi connectivity index (χ0n) is 14.0. The van der Waals surface area contributed by atoms with Gasteiger partial charge in [0.25, 0.3) is 0 Å². The molecule has 1 heterocycles. The third-order valence-corrected chi connectivity index (χ3v) is 4.62. The van der Waals surface area contributed by atoms with Crippen molar-refractivity contribution in [3.63, 3.8) is 0 Å². The number of piperidine rings is 1. The molecule has 0 aromatic heterocycles. The molecule has 0 radical (unpaired) electrons. The summed E-state index contributed by atoms with van der Waals surface area (Å²) in [6.07, 6.45) is 3.50. The van der Waals surface area contributed by atoms with Gasteiger partial charge in [-0.05, 0) is 36.6 Å². The van der Waals surface area contributed by atoms with Crippen molar-refractivity contribution in [2.75, 3.05) is 20.2 Å². The number of hydrogen-bond donors (Lipinski definition) is 3. The van der Waals surface area contributed by atoms with Crippen molar-refractivity contribution in [2.45, 2.75) is 18.8 Å². The summed E-state index contributed by atoms with van der Waals surface area (Å²) in [5.41, 5.74) is 19.1. The highest BCUT2D eigenvalue weighted by atomic mass is 35.5. The summed E-state index contributed by atoms with van der Waals surface area (Å²) in [4.78, 5) is 13.7. The zero-order chi connectivity index (χ0) is 18.6. The second kappa shape index (κ2) is 8.36. The molecule has 0 bridgehead atoms. The SMILES string of the molecule is COC(=O)c1ccc(C2CCCN(C(/C=C(\N)Cl)=C(N)N)C2)cc1Cl. The summed E-state index contributed by atoms with van der Waals surface area (Å²) in [6.45, 7) is 1.50. The van der Waals surface area contributed by atoms with Gasteiger partial charge in [0.2, 0.25) is 0 Å². The number of carbonyl (C=O) groups is 1. The Morgan fingerprint density at radius 1 is 1.36 bits per heavy atom. The van der Waals surface area contributed by atoms with E-state index in [1.165, 1.54) is 7.11 Å². The van der Waals surface area contributed by atoms with Crippen LogP contribution in [0.5, 0.6) is 0 Å². The molecule has 1 aliphatic heterocycles. The molecule has 1 fully saturated rings. The molecule has 6 nitrogen and oxygen atoms in total. The smallest absolute Gasteiger partial charge is 0.339 e. The van der Waals surface area contributed by atoms with Gasteiger partial charge in [0.05, 0.1) is 23.4 Å². The Labute approximate surface area is 157 Å². The molecule has 1 aromatic carbocycles. The maximum atomic E-state index is 11.7. The summed E-state index contributed by atoms with van der Waals surface area (Å²) >= 11 is 12.0. The number of nitrogens with two attached hydrogens (primary N) is 3. The molecule has 1 aliphatic rings. The maximum absolute atomic E-state index is 11.7. The van der Waals surface area contributed by atoms with E-state index >= 15 is 0 Å². The first-order valence-corrected chi connectivity index (χ1v) is 8.59. The number of hydrogen-bond acceptors (Lipinski definition) is 6. The number of carbonyl (C=O) groups excluding carboxylic acids is 1. The Balaban J connectivity index is 2.24. The lowest BCUT2D eigenvalue weighted by Crippen LogP contribution is -2.36. The van der Waals surface area contributed by atoms with E-state index in [0.717, 1.165) is 24.9 Å². The van der Waals surface area contributed by atoms with Crippen LogP contribution >= 0.6 is 23.2 Å². The van der Waals surface area contributed by atoms with Crippen molar-refractivity contribution in [1.29, 1.82) is 0 Å². The number of halogens is 2. The van der Waals surface area contributed by atoms with Gasteiger partial charge >= 0.3 is 5.97 Å². The molecule has 0 saturated carbocycles. The molecule has 1 unspecified atom stereocenters. The van der Waals surface area contributed by atoms with Crippen LogP contribution in [0.25, 0.3) is 0 Å². The highest BCUT2D eigenvalue weighted by molar-refractivity contribution is 6.33. The number of likely N-dealkylation sites (tertiary alicyclic amines) is 1. The predicted octanol–water partition coefficient (Wildman–Crippen LogP) is 2.43. The number of nitrogens with zero attached hydrogens (tertiary/aromatic N) is 1. The van der Waals surface area contributed by atoms with Gasteiger partial charge in [-0.3, -0.25) is 0 Å². The fourth-order valence-corrected chi connectivity index (χ4v) is 3.39. The van der Waals surface area contributed by atoms with Crippen LogP contribution in [0.4, 0.5) is 0 Å². The normalized spacial score (nSPS) is 18.0. The Bertz CT molecular complexity index is 711. The van der Waals surface area contributed by atoms with Crippen molar-refractivity contribution in [1.82, 2.24) is 4.90 Å².